The minimum absolute atomic E-state index is 0.0213. The number of aromatic amines is 1. The van der Waals surface area contributed by atoms with Gasteiger partial charge in [-0.3, -0.25) is 19.8 Å². The van der Waals surface area contributed by atoms with Gasteiger partial charge in [0.05, 0.1) is 32.4 Å². The van der Waals surface area contributed by atoms with Gasteiger partial charge in [-0.2, -0.15) is 0 Å². The van der Waals surface area contributed by atoms with Gasteiger partial charge in [-0.05, 0) is 117 Å². The van der Waals surface area contributed by atoms with Crippen LogP contribution in [0.25, 0.3) is 11.0 Å². The summed E-state index contributed by atoms with van der Waals surface area (Å²) >= 11 is 0. The van der Waals surface area contributed by atoms with Gasteiger partial charge in [-0.25, -0.2) is 22.5 Å². The van der Waals surface area contributed by atoms with Gasteiger partial charge in [-0.1, -0.05) is 44.5 Å². The highest BCUT2D eigenvalue weighted by Crippen LogP contribution is 2.49. The van der Waals surface area contributed by atoms with Crippen LogP contribution in [0.15, 0.2) is 71.8 Å². The number of terminal acetylenes is 1. The molecular weight excluding hydrogens is 902 g/mol. The number of nitro groups is 1. The lowest BCUT2D eigenvalue weighted by molar-refractivity contribution is -0.384. The zero-order valence-electron chi connectivity index (χ0n) is 39.1. The van der Waals surface area contributed by atoms with Gasteiger partial charge in [0, 0.05) is 62.3 Å². The summed E-state index contributed by atoms with van der Waals surface area (Å²) in [6.45, 7) is 10.0. The Morgan fingerprint density at radius 1 is 1.06 bits per heavy atom. The van der Waals surface area contributed by atoms with Gasteiger partial charge < -0.3 is 29.8 Å². The number of aromatic nitrogens is 2. The predicted octanol–water partition coefficient (Wildman–Crippen LogP) is 8.98. The second-order valence-corrected chi connectivity index (χ2v) is 22.2. The first kappa shape index (κ1) is 46.5. The molecule has 5 aliphatic rings. The van der Waals surface area contributed by atoms with Crippen molar-refractivity contribution >= 4 is 44.0 Å². The number of anilines is 2. The first-order valence-corrected chi connectivity index (χ1v) is 25.5. The molecule has 15 nitrogen and oxygen atoms in total. The van der Waals surface area contributed by atoms with Crippen LogP contribution in [-0.4, -0.2) is 89.7 Å². The zero-order chi connectivity index (χ0) is 48.4. The Labute approximate surface area is 401 Å². The molecule has 4 fully saturated rings. The number of benzene rings is 3. The van der Waals surface area contributed by atoms with E-state index in [9.17, 15) is 32.8 Å². The summed E-state index contributed by atoms with van der Waals surface area (Å²) in [4.78, 5) is 37.4. The summed E-state index contributed by atoms with van der Waals surface area (Å²) in [7, 11) is -4.76. The highest BCUT2D eigenvalue weighted by molar-refractivity contribution is 7.90. The Morgan fingerprint density at radius 3 is 2.54 bits per heavy atom. The lowest BCUT2D eigenvalue weighted by Gasteiger charge is -2.57. The van der Waals surface area contributed by atoms with Crippen molar-refractivity contribution in [2.24, 2.45) is 11.3 Å². The molecule has 10 rings (SSSR count). The van der Waals surface area contributed by atoms with Crippen molar-refractivity contribution in [3.8, 4) is 29.6 Å². The molecule has 17 heteroatoms. The third-order valence-corrected chi connectivity index (χ3v) is 16.9. The number of likely N-dealkylation sites (tertiary alicyclic amines) is 1. The summed E-state index contributed by atoms with van der Waals surface area (Å²) < 4.78 is 57.3. The number of piperidine rings is 1. The Hall–Kier alpha value is -6.22. The number of carbonyl (C=O) groups excluding carboxylic acids is 1. The Morgan fingerprint density at radius 2 is 1.81 bits per heavy atom. The van der Waals surface area contributed by atoms with Crippen molar-refractivity contribution in [1.82, 2.24) is 19.6 Å². The summed E-state index contributed by atoms with van der Waals surface area (Å²) in [6.07, 6.45) is 15.1. The lowest BCUT2D eigenvalue weighted by atomic mass is 9.70. The maximum absolute atomic E-state index is 14.8. The Kier molecular flexibility index (Phi) is 12.1. The lowest BCUT2D eigenvalue weighted by Crippen LogP contribution is -2.63. The molecule has 2 aliphatic carbocycles. The van der Waals surface area contributed by atoms with Crippen LogP contribution in [0.4, 0.5) is 21.5 Å². The molecule has 3 aromatic carbocycles. The molecule has 2 saturated carbocycles. The molecule has 5 heterocycles. The van der Waals surface area contributed by atoms with Crippen LogP contribution < -0.4 is 24.4 Å². The number of carbonyl (C=O) groups is 1. The van der Waals surface area contributed by atoms with Gasteiger partial charge in [-0.15, -0.1) is 6.42 Å². The van der Waals surface area contributed by atoms with Gasteiger partial charge in [0.1, 0.15) is 23.8 Å². The smallest absolute Gasteiger partial charge is 0.297 e. The molecule has 3 atom stereocenters. The number of pyridine rings is 1. The second kappa shape index (κ2) is 17.9. The number of sulfonamides is 1. The molecule has 0 unspecified atom stereocenters. The number of fused-ring (bicyclic) bond motifs is 2. The molecule has 5 aromatic rings. The standard InChI is InChI=1S/C52H58FN7O8S/c1-5-41-46(26-39-40(53)27-54-49(39)56-41)68-45-23-33(58-21-19-52(20-22-58)29-59(30-52)43-12-8-11-37(43)36-10-7-6-9-35(36)31(2)3)13-14-38(45)50(61)57-69(65,66)34-24-44(60(63)64)48-47(25-34)67-28-42(55-48)32-15-17-51(4,62)18-16-32/h1,6-7,9-10,13-14,23-27,31-32,37,42-43,55,62H,8,11-12,15-22,28-30H2,2-4H3,(H,54,56)(H,57,61)/t32-,37-,42-,43-,51-/m1/s1. The number of ether oxygens (including phenoxy) is 2. The predicted molar refractivity (Wildman–Crippen MR) is 260 cm³/mol. The molecular formula is C52H58FN7O8S. The van der Waals surface area contributed by atoms with Crippen molar-refractivity contribution < 1.29 is 37.1 Å². The summed E-state index contributed by atoms with van der Waals surface area (Å²) in [5.74, 6) is 1.74. The Bertz CT molecular complexity index is 2980. The molecule has 1 amide bonds. The average molecular weight is 960 g/mol. The number of H-pyrrole nitrogens is 1. The van der Waals surface area contributed by atoms with Crippen LogP contribution in [-0.2, 0) is 10.0 Å². The van der Waals surface area contributed by atoms with E-state index in [1.165, 1.54) is 42.5 Å². The third-order valence-electron chi connectivity index (χ3n) is 15.6. The minimum Gasteiger partial charge on any atom is -0.489 e. The van der Waals surface area contributed by atoms with Crippen molar-refractivity contribution in [3.63, 3.8) is 0 Å². The summed E-state index contributed by atoms with van der Waals surface area (Å²) in [5.41, 5.74) is 2.65. The summed E-state index contributed by atoms with van der Waals surface area (Å²) in [5, 5.41) is 26.2. The molecule has 0 radical (unpaired) electrons. The molecule has 0 bridgehead atoms. The number of amides is 1. The zero-order valence-corrected chi connectivity index (χ0v) is 39.9. The van der Waals surface area contributed by atoms with E-state index in [1.807, 2.05) is 0 Å². The fourth-order valence-electron chi connectivity index (χ4n) is 11.7. The van der Waals surface area contributed by atoms with E-state index in [0.717, 1.165) is 63.0 Å². The monoisotopic (exact) mass is 959 g/mol. The van der Waals surface area contributed by atoms with Crippen LogP contribution in [0.5, 0.6) is 17.2 Å². The highest BCUT2D eigenvalue weighted by atomic mass is 32.2. The van der Waals surface area contributed by atoms with E-state index >= 15 is 0 Å². The van der Waals surface area contributed by atoms with Gasteiger partial charge in [0.2, 0.25) is 0 Å². The maximum atomic E-state index is 14.8. The number of nitrogens with one attached hydrogen (secondary N) is 3. The number of nitrogens with zero attached hydrogens (tertiary/aromatic N) is 4. The highest BCUT2D eigenvalue weighted by Gasteiger charge is 2.49. The van der Waals surface area contributed by atoms with Gasteiger partial charge in [0.15, 0.2) is 22.9 Å². The van der Waals surface area contributed by atoms with Crippen LogP contribution in [0, 0.1) is 39.6 Å². The van der Waals surface area contributed by atoms with Crippen molar-refractivity contribution in [1.29, 1.82) is 0 Å². The number of hydrogen-bond donors (Lipinski definition) is 4. The molecule has 1 spiro atoms. The number of halogens is 1. The van der Waals surface area contributed by atoms with Crippen molar-refractivity contribution in [3.05, 3.63) is 105 Å². The fraction of sp³-hybridized carbons (Fsp3) is 0.462. The van der Waals surface area contributed by atoms with E-state index in [0.29, 0.717) is 43.6 Å². The molecule has 362 valence electrons. The number of nitro benzene ring substituents is 1. The fourth-order valence-corrected chi connectivity index (χ4v) is 12.7. The topological polar surface area (TPSA) is 192 Å². The molecule has 4 N–H and O–H groups in total. The van der Waals surface area contributed by atoms with E-state index in [1.54, 1.807) is 19.1 Å². The van der Waals surface area contributed by atoms with E-state index in [2.05, 4.69) is 73.8 Å². The van der Waals surface area contributed by atoms with E-state index < -0.39 is 42.9 Å². The first-order chi connectivity index (χ1) is 33.0. The molecule has 2 saturated heterocycles. The minimum atomic E-state index is -4.76. The molecule has 3 aliphatic heterocycles. The van der Waals surface area contributed by atoms with Crippen molar-refractivity contribution in [2.45, 2.75) is 113 Å². The second-order valence-electron chi connectivity index (χ2n) is 20.5. The largest absolute Gasteiger partial charge is 0.489 e. The summed E-state index contributed by atoms with van der Waals surface area (Å²) in [6, 6.07) is 17.4. The van der Waals surface area contributed by atoms with Gasteiger partial charge in [0.25, 0.3) is 21.6 Å². The van der Waals surface area contributed by atoms with Gasteiger partial charge >= 0.3 is 0 Å². The number of aliphatic hydroxyl groups is 1. The molecule has 69 heavy (non-hydrogen) atoms. The third kappa shape index (κ3) is 8.98. The van der Waals surface area contributed by atoms with Crippen LogP contribution in [0.2, 0.25) is 0 Å². The SMILES string of the molecule is C#Cc1nc2[nH]cc(F)c2cc1Oc1cc(N2CCC3(CC2)CN([C@@H]2CCC[C@@H]2c2ccccc2C(C)C)C3)ccc1C(=O)NS(=O)(=O)c1cc2c(c([N+](=O)[O-])c1)N[C@@H]([C@H]1CC[C@](C)(O)CC1)CO2. The average Bonchev–Trinajstić information content (AvgIpc) is 3.96. The molecule has 2 aromatic heterocycles. The van der Waals surface area contributed by atoms with Crippen LogP contribution >= 0.6 is 0 Å². The first-order valence-electron chi connectivity index (χ1n) is 24.1. The van der Waals surface area contributed by atoms with Crippen LogP contribution in [0.1, 0.15) is 118 Å². The van der Waals surface area contributed by atoms with Crippen LogP contribution in [0.3, 0.4) is 0 Å². The van der Waals surface area contributed by atoms with E-state index in [4.69, 9.17) is 15.9 Å². The number of hydrogen-bond acceptors (Lipinski definition) is 12. The number of rotatable bonds is 11. The quantitative estimate of drug-likeness (QED) is 0.0559. The normalized spacial score (nSPS) is 24.5. The maximum Gasteiger partial charge on any atom is 0.297 e. The van der Waals surface area contributed by atoms with E-state index in [-0.39, 0.29) is 69.2 Å². The van der Waals surface area contributed by atoms with Crippen molar-refractivity contribution in [2.75, 3.05) is 43.0 Å². The Balaban J connectivity index is 0.884.